The van der Waals surface area contributed by atoms with Crippen molar-refractivity contribution < 1.29 is 9.53 Å². The zero-order valence-electron chi connectivity index (χ0n) is 12.8. The first-order valence-corrected chi connectivity index (χ1v) is 7.60. The van der Waals surface area contributed by atoms with Crippen LogP contribution in [-0.2, 0) is 4.74 Å². The third-order valence-corrected chi connectivity index (χ3v) is 3.78. The fourth-order valence-electron chi connectivity index (χ4n) is 2.42. The molecule has 0 aliphatic carbocycles. The third kappa shape index (κ3) is 2.43. The number of carbonyl (C=O) groups excluding carboxylic acids is 1. The number of nitrogens with zero attached hydrogens (tertiary/aromatic N) is 6. The molecular formula is C14H10ClN7O3. The van der Waals surface area contributed by atoms with Crippen molar-refractivity contribution in [2.45, 2.75) is 6.92 Å². The molecule has 11 heteroatoms. The van der Waals surface area contributed by atoms with Gasteiger partial charge in [0.1, 0.15) is 12.7 Å². The Morgan fingerprint density at radius 3 is 2.96 bits per heavy atom. The van der Waals surface area contributed by atoms with Crippen LogP contribution < -0.4 is 5.56 Å². The van der Waals surface area contributed by atoms with Gasteiger partial charge in [-0.15, -0.1) is 5.10 Å². The number of aromatic amines is 1. The van der Waals surface area contributed by atoms with Crippen molar-refractivity contribution in [2.24, 2.45) is 0 Å². The lowest BCUT2D eigenvalue weighted by Crippen LogP contribution is -2.12. The van der Waals surface area contributed by atoms with Crippen LogP contribution in [0.4, 0.5) is 0 Å². The lowest BCUT2D eigenvalue weighted by Gasteiger charge is -2.07. The molecule has 4 aromatic rings. The quantitative estimate of drug-likeness (QED) is 0.541. The van der Waals surface area contributed by atoms with E-state index >= 15 is 0 Å². The Bertz CT molecular complexity index is 1160. The van der Waals surface area contributed by atoms with E-state index in [1.165, 1.54) is 21.9 Å². The van der Waals surface area contributed by atoms with Crippen LogP contribution in [0.15, 0.2) is 29.6 Å². The second-order valence-corrected chi connectivity index (χ2v) is 5.41. The number of aromatic nitrogens is 7. The number of hydrogen-bond donors (Lipinski definition) is 1. The summed E-state index contributed by atoms with van der Waals surface area (Å²) in [4.78, 5) is 34.6. The summed E-state index contributed by atoms with van der Waals surface area (Å²) in [6, 6.07) is 3.24. The summed E-state index contributed by atoms with van der Waals surface area (Å²) in [7, 11) is 0. The minimum atomic E-state index is -0.704. The SMILES string of the molecule is CCOC(=O)c1nc2c(=O)[nH]c3cc(Cl)c(-n4cncn4)cc3n2n1. The molecular weight excluding hydrogens is 350 g/mol. The van der Waals surface area contributed by atoms with Crippen LogP contribution in [0.3, 0.4) is 0 Å². The molecule has 3 heterocycles. The van der Waals surface area contributed by atoms with Crippen molar-refractivity contribution >= 4 is 34.3 Å². The summed E-state index contributed by atoms with van der Waals surface area (Å²) in [6.45, 7) is 1.85. The first-order chi connectivity index (χ1) is 12.1. The van der Waals surface area contributed by atoms with E-state index in [-0.39, 0.29) is 18.1 Å². The fraction of sp³-hybridized carbons (Fsp3) is 0.143. The Labute approximate surface area is 144 Å². The maximum atomic E-state index is 12.2. The Morgan fingerprint density at radius 2 is 2.24 bits per heavy atom. The summed E-state index contributed by atoms with van der Waals surface area (Å²) in [5, 5.41) is 8.49. The predicted octanol–water partition coefficient (Wildman–Crippen LogP) is 0.982. The van der Waals surface area contributed by atoms with Crippen LogP contribution in [0.2, 0.25) is 5.02 Å². The topological polar surface area (TPSA) is 120 Å². The van der Waals surface area contributed by atoms with Gasteiger partial charge in [-0.3, -0.25) is 4.79 Å². The Hall–Kier alpha value is -3.27. The van der Waals surface area contributed by atoms with E-state index in [9.17, 15) is 9.59 Å². The molecule has 0 unspecified atom stereocenters. The molecule has 0 saturated carbocycles. The van der Waals surface area contributed by atoms with Crippen molar-refractivity contribution in [1.29, 1.82) is 0 Å². The van der Waals surface area contributed by atoms with E-state index in [0.29, 0.717) is 21.7 Å². The van der Waals surface area contributed by atoms with Crippen molar-refractivity contribution in [3.63, 3.8) is 0 Å². The summed E-state index contributed by atoms with van der Waals surface area (Å²) >= 11 is 6.27. The molecule has 10 nitrogen and oxygen atoms in total. The third-order valence-electron chi connectivity index (χ3n) is 3.48. The molecule has 25 heavy (non-hydrogen) atoms. The molecule has 4 rings (SSSR count). The number of hydrogen-bond acceptors (Lipinski definition) is 7. The number of carbonyl (C=O) groups is 1. The first kappa shape index (κ1) is 15.3. The van der Waals surface area contributed by atoms with Crippen molar-refractivity contribution in [2.75, 3.05) is 6.61 Å². The van der Waals surface area contributed by atoms with E-state index in [1.54, 1.807) is 19.1 Å². The van der Waals surface area contributed by atoms with Crippen molar-refractivity contribution in [1.82, 2.24) is 34.3 Å². The highest BCUT2D eigenvalue weighted by molar-refractivity contribution is 6.33. The molecule has 1 N–H and O–H groups in total. The van der Waals surface area contributed by atoms with Gasteiger partial charge in [-0.2, -0.15) is 10.1 Å². The largest absolute Gasteiger partial charge is 0.460 e. The number of esters is 1. The van der Waals surface area contributed by atoms with Crippen LogP contribution in [0.5, 0.6) is 0 Å². The summed E-state index contributed by atoms with van der Waals surface area (Å²) in [5.41, 5.74) is 0.940. The fourth-order valence-corrected chi connectivity index (χ4v) is 2.67. The van der Waals surface area contributed by atoms with Gasteiger partial charge in [0.05, 0.1) is 28.4 Å². The number of halogens is 1. The van der Waals surface area contributed by atoms with E-state index < -0.39 is 11.5 Å². The Morgan fingerprint density at radius 1 is 1.40 bits per heavy atom. The first-order valence-electron chi connectivity index (χ1n) is 7.23. The number of H-pyrrole nitrogens is 1. The van der Waals surface area contributed by atoms with Gasteiger partial charge in [0.15, 0.2) is 0 Å². The van der Waals surface area contributed by atoms with Gasteiger partial charge in [0, 0.05) is 0 Å². The molecule has 3 aromatic heterocycles. The maximum Gasteiger partial charge on any atom is 0.378 e. The summed E-state index contributed by atoms with van der Waals surface area (Å²) in [5.74, 6) is -0.902. The van der Waals surface area contributed by atoms with Gasteiger partial charge >= 0.3 is 5.97 Å². The van der Waals surface area contributed by atoms with Gasteiger partial charge in [-0.25, -0.2) is 19.0 Å². The van der Waals surface area contributed by atoms with Crippen LogP contribution >= 0.6 is 11.6 Å². The van der Waals surface area contributed by atoms with E-state index in [0.717, 1.165) is 0 Å². The highest BCUT2D eigenvalue weighted by Crippen LogP contribution is 2.25. The molecule has 0 aliphatic heterocycles. The van der Waals surface area contributed by atoms with Crippen LogP contribution in [0.1, 0.15) is 17.5 Å². The molecule has 126 valence electrons. The van der Waals surface area contributed by atoms with E-state index in [1.807, 2.05) is 0 Å². The van der Waals surface area contributed by atoms with Crippen LogP contribution in [0.25, 0.3) is 22.4 Å². The summed E-state index contributed by atoms with van der Waals surface area (Å²) < 4.78 is 7.63. The number of fused-ring (bicyclic) bond motifs is 3. The van der Waals surface area contributed by atoms with Crippen LogP contribution in [0, 0.1) is 0 Å². The number of benzene rings is 1. The zero-order chi connectivity index (χ0) is 17.6. The summed E-state index contributed by atoms with van der Waals surface area (Å²) in [6.07, 6.45) is 2.86. The van der Waals surface area contributed by atoms with Gasteiger partial charge in [-0.1, -0.05) is 11.6 Å². The maximum absolute atomic E-state index is 12.2. The molecule has 0 fully saturated rings. The molecule has 0 saturated heterocycles. The minimum absolute atomic E-state index is 0.0255. The number of nitrogens with one attached hydrogen (secondary N) is 1. The average molecular weight is 360 g/mol. The van der Waals surface area contributed by atoms with Gasteiger partial charge in [0.2, 0.25) is 5.65 Å². The van der Waals surface area contributed by atoms with E-state index in [4.69, 9.17) is 16.3 Å². The minimum Gasteiger partial charge on any atom is -0.460 e. The molecule has 0 amide bonds. The van der Waals surface area contributed by atoms with Gasteiger partial charge < -0.3 is 9.72 Å². The van der Waals surface area contributed by atoms with Crippen molar-refractivity contribution in [3.05, 3.63) is 46.0 Å². The number of ether oxygens (including phenoxy) is 1. The van der Waals surface area contributed by atoms with Gasteiger partial charge in [0.25, 0.3) is 11.4 Å². The predicted molar refractivity (Wildman–Crippen MR) is 87.0 cm³/mol. The Kier molecular flexibility index (Phi) is 3.46. The molecule has 0 aliphatic rings. The highest BCUT2D eigenvalue weighted by Gasteiger charge is 2.18. The normalized spacial score (nSPS) is 11.3. The highest BCUT2D eigenvalue weighted by atomic mass is 35.5. The molecule has 0 bridgehead atoms. The second-order valence-electron chi connectivity index (χ2n) is 5.01. The van der Waals surface area contributed by atoms with Crippen molar-refractivity contribution in [3.8, 4) is 5.69 Å². The monoisotopic (exact) mass is 359 g/mol. The molecule has 1 aromatic carbocycles. The second kappa shape index (κ2) is 5.67. The molecule has 0 radical (unpaired) electrons. The lowest BCUT2D eigenvalue weighted by atomic mass is 10.2. The van der Waals surface area contributed by atoms with Crippen LogP contribution in [-0.4, -0.2) is 46.9 Å². The van der Waals surface area contributed by atoms with Gasteiger partial charge in [-0.05, 0) is 19.1 Å². The smallest absolute Gasteiger partial charge is 0.378 e. The van der Waals surface area contributed by atoms with E-state index in [2.05, 4.69) is 25.1 Å². The standard InChI is InChI=1S/C14H10ClN7O3/c1-2-25-14(24)11-19-12-13(23)18-8-3-7(15)9(21-6-16-5-17-21)4-10(8)22(12)20-11/h3-6H,2H2,1H3,(H,18,23). The molecule has 0 atom stereocenters. The lowest BCUT2D eigenvalue weighted by molar-refractivity contribution is 0.0512. The molecule has 0 spiro atoms. The number of rotatable bonds is 3. The average Bonchev–Trinajstić information content (AvgIpc) is 3.25. The Balaban J connectivity index is 2.02. The zero-order valence-corrected chi connectivity index (χ0v) is 13.6.